The summed E-state index contributed by atoms with van der Waals surface area (Å²) in [6, 6.07) is 1.85. The average Bonchev–Trinajstić information content (AvgIpc) is 2.35. The molecule has 1 rings (SSSR count). The molecule has 0 aliphatic carbocycles. The maximum atomic E-state index is 10.2. The van der Waals surface area contributed by atoms with Gasteiger partial charge in [-0.3, -0.25) is 0 Å². The van der Waals surface area contributed by atoms with E-state index in [9.17, 15) is 5.11 Å². The Kier molecular flexibility index (Phi) is 5.65. The molecule has 5 nitrogen and oxygen atoms in total. The molecule has 0 spiro atoms. The maximum absolute atomic E-state index is 10.2. The highest BCUT2D eigenvalue weighted by atomic mass is 32.2. The summed E-state index contributed by atoms with van der Waals surface area (Å²) < 4.78 is 0. The van der Waals surface area contributed by atoms with E-state index in [0.29, 0.717) is 12.3 Å². The second-order valence-corrected chi connectivity index (χ2v) is 7.11. The van der Waals surface area contributed by atoms with Gasteiger partial charge in [0, 0.05) is 30.8 Å². The summed E-state index contributed by atoms with van der Waals surface area (Å²) in [5, 5.41) is 16.4. The van der Waals surface area contributed by atoms with Gasteiger partial charge in [0.1, 0.15) is 17.5 Å². The molecule has 0 bridgehead atoms. The molecule has 0 amide bonds. The predicted molar refractivity (Wildman–Crippen MR) is 87.8 cm³/mol. The van der Waals surface area contributed by atoms with Crippen LogP contribution in [0.2, 0.25) is 0 Å². The van der Waals surface area contributed by atoms with Crippen molar-refractivity contribution in [3.63, 3.8) is 0 Å². The van der Waals surface area contributed by atoms with Gasteiger partial charge in [-0.05, 0) is 13.2 Å². The van der Waals surface area contributed by atoms with Gasteiger partial charge < -0.3 is 15.7 Å². The van der Waals surface area contributed by atoms with E-state index in [2.05, 4.69) is 41.4 Å². The molecule has 114 valence electrons. The predicted octanol–water partition coefficient (Wildman–Crippen LogP) is 2.34. The number of hydrogen-bond acceptors (Lipinski definition) is 6. The number of nitrogens with zero attached hydrogens (tertiary/aromatic N) is 2. The molecule has 3 N–H and O–H groups in total. The molecule has 1 aromatic heterocycles. The number of hydrogen-bond donors (Lipinski definition) is 3. The van der Waals surface area contributed by atoms with E-state index in [1.807, 2.05) is 26.3 Å². The average molecular weight is 298 g/mol. The van der Waals surface area contributed by atoms with Crippen LogP contribution in [0.3, 0.4) is 0 Å². The first-order valence-electron chi connectivity index (χ1n) is 6.70. The summed E-state index contributed by atoms with van der Waals surface area (Å²) >= 11 is 1.62. The van der Waals surface area contributed by atoms with Crippen LogP contribution in [0.1, 0.15) is 33.5 Å². The SMILES string of the molecule is CNc1cc(NCC(C)(O)CSC)nc(C(C)(C)C)n1. The normalized spacial score (nSPS) is 14.8. The maximum Gasteiger partial charge on any atom is 0.138 e. The molecule has 1 atom stereocenters. The zero-order valence-corrected chi connectivity index (χ0v) is 14.1. The van der Waals surface area contributed by atoms with Crippen molar-refractivity contribution in [1.29, 1.82) is 0 Å². The Morgan fingerprint density at radius 2 is 1.80 bits per heavy atom. The highest BCUT2D eigenvalue weighted by Crippen LogP contribution is 2.22. The van der Waals surface area contributed by atoms with Gasteiger partial charge in [-0.1, -0.05) is 20.8 Å². The minimum atomic E-state index is -0.758. The van der Waals surface area contributed by atoms with Gasteiger partial charge in [-0.2, -0.15) is 11.8 Å². The zero-order valence-electron chi connectivity index (χ0n) is 13.2. The Bertz CT molecular complexity index is 443. The van der Waals surface area contributed by atoms with Crippen LogP contribution < -0.4 is 10.6 Å². The van der Waals surface area contributed by atoms with Crippen LogP contribution in [0.15, 0.2) is 6.07 Å². The Hall–Kier alpha value is -1.01. The monoisotopic (exact) mass is 298 g/mol. The van der Waals surface area contributed by atoms with Crippen LogP contribution in [-0.4, -0.2) is 46.3 Å². The lowest BCUT2D eigenvalue weighted by atomic mass is 9.96. The molecule has 0 aliphatic heterocycles. The van der Waals surface area contributed by atoms with Crippen LogP contribution in [0.5, 0.6) is 0 Å². The summed E-state index contributed by atoms with van der Waals surface area (Å²) in [5.74, 6) is 2.96. The first-order valence-corrected chi connectivity index (χ1v) is 8.10. The molecular formula is C14H26N4OS. The van der Waals surface area contributed by atoms with Crippen molar-refractivity contribution in [3.8, 4) is 0 Å². The lowest BCUT2D eigenvalue weighted by Gasteiger charge is -2.24. The van der Waals surface area contributed by atoms with Crippen LogP contribution in [-0.2, 0) is 5.41 Å². The Labute approximate surface area is 126 Å². The summed E-state index contributed by atoms with van der Waals surface area (Å²) in [6.45, 7) is 8.51. The van der Waals surface area contributed by atoms with Gasteiger partial charge in [0.05, 0.1) is 5.60 Å². The summed E-state index contributed by atoms with van der Waals surface area (Å²) in [5.41, 5.74) is -0.878. The number of aliphatic hydroxyl groups is 1. The lowest BCUT2D eigenvalue weighted by Crippen LogP contribution is -2.36. The molecule has 1 unspecified atom stereocenters. The minimum absolute atomic E-state index is 0.120. The molecule has 6 heteroatoms. The summed E-state index contributed by atoms with van der Waals surface area (Å²) in [7, 11) is 1.84. The number of aromatic nitrogens is 2. The topological polar surface area (TPSA) is 70.1 Å². The van der Waals surface area contributed by atoms with Crippen molar-refractivity contribution in [2.75, 3.05) is 36.2 Å². The fourth-order valence-electron chi connectivity index (χ4n) is 1.64. The third kappa shape index (κ3) is 5.17. The summed E-state index contributed by atoms with van der Waals surface area (Å²) in [4.78, 5) is 9.01. The van der Waals surface area contributed by atoms with Gasteiger partial charge >= 0.3 is 0 Å². The van der Waals surface area contributed by atoms with E-state index in [1.54, 1.807) is 11.8 Å². The van der Waals surface area contributed by atoms with E-state index in [0.717, 1.165) is 17.5 Å². The van der Waals surface area contributed by atoms with Crippen LogP contribution in [0.4, 0.5) is 11.6 Å². The molecule has 0 saturated carbocycles. The van der Waals surface area contributed by atoms with E-state index in [1.165, 1.54) is 0 Å². The third-order valence-electron chi connectivity index (χ3n) is 2.76. The second kappa shape index (κ2) is 6.63. The molecule has 0 fully saturated rings. The number of anilines is 2. The fourth-order valence-corrected chi connectivity index (χ4v) is 2.37. The van der Waals surface area contributed by atoms with Crippen molar-refractivity contribution < 1.29 is 5.11 Å². The molecule has 20 heavy (non-hydrogen) atoms. The van der Waals surface area contributed by atoms with Crippen LogP contribution in [0, 0.1) is 0 Å². The van der Waals surface area contributed by atoms with E-state index < -0.39 is 5.60 Å². The van der Waals surface area contributed by atoms with E-state index in [-0.39, 0.29) is 5.41 Å². The quantitative estimate of drug-likeness (QED) is 0.749. The molecule has 0 saturated heterocycles. The number of nitrogens with one attached hydrogen (secondary N) is 2. The standard InChI is InChI=1S/C14H26N4OS/c1-13(2,3)12-17-10(15-5)7-11(18-12)16-8-14(4,19)9-20-6/h7,19H,8-9H2,1-6H3,(H2,15,16,17,18). The molecule has 1 aromatic rings. The molecule has 1 heterocycles. The van der Waals surface area contributed by atoms with Crippen molar-refractivity contribution in [1.82, 2.24) is 9.97 Å². The Morgan fingerprint density at radius 1 is 1.20 bits per heavy atom. The highest BCUT2D eigenvalue weighted by Gasteiger charge is 2.22. The molecular weight excluding hydrogens is 272 g/mol. The van der Waals surface area contributed by atoms with Gasteiger partial charge in [0.2, 0.25) is 0 Å². The lowest BCUT2D eigenvalue weighted by molar-refractivity contribution is 0.0996. The van der Waals surface area contributed by atoms with Gasteiger partial charge in [0.15, 0.2) is 0 Å². The fraction of sp³-hybridized carbons (Fsp3) is 0.714. The van der Waals surface area contributed by atoms with Crippen molar-refractivity contribution in [3.05, 3.63) is 11.9 Å². The third-order valence-corrected chi connectivity index (χ3v) is 3.67. The number of thioether (sulfide) groups is 1. The van der Waals surface area contributed by atoms with Crippen molar-refractivity contribution in [2.45, 2.75) is 38.7 Å². The van der Waals surface area contributed by atoms with Crippen LogP contribution in [0.25, 0.3) is 0 Å². The van der Waals surface area contributed by atoms with Gasteiger partial charge in [-0.25, -0.2) is 9.97 Å². The van der Waals surface area contributed by atoms with Gasteiger partial charge in [0.25, 0.3) is 0 Å². The zero-order chi connectivity index (χ0) is 15.4. The second-order valence-electron chi connectivity index (χ2n) is 6.25. The Balaban J connectivity index is 2.90. The Morgan fingerprint density at radius 3 is 2.30 bits per heavy atom. The highest BCUT2D eigenvalue weighted by molar-refractivity contribution is 7.98. The number of rotatable bonds is 6. The van der Waals surface area contributed by atoms with Gasteiger partial charge in [-0.15, -0.1) is 0 Å². The van der Waals surface area contributed by atoms with Crippen molar-refractivity contribution in [2.24, 2.45) is 0 Å². The summed E-state index contributed by atoms with van der Waals surface area (Å²) in [6.07, 6.45) is 1.98. The minimum Gasteiger partial charge on any atom is -0.387 e. The molecule has 0 aromatic carbocycles. The molecule has 0 radical (unpaired) electrons. The van der Waals surface area contributed by atoms with E-state index >= 15 is 0 Å². The van der Waals surface area contributed by atoms with Crippen LogP contribution >= 0.6 is 11.8 Å². The van der Waals surface area contributed by atoms with E-state index in [4.69, 9.17) is 0 Å². The largest absolute Gasteiger partial charge is 0.387 e. The molecule has 0 aliphatic rings. The first-order chi connectivity index (χ1) is 9.18. The van der Waals surface area contributed by atoms with Crippen molar-refractivity contribution >= 4 is 23.4 Å². The first kappa shape index (κ1) is 17.0. The smallest absolute Gasteiger partial charge is 0.138 e.